The van der Waals surface area contributed by atoms with E-state index in [2.05, 4.69) is 15.6 Å². The number of hydrogen-bond donors (Lipinski definition) is 2. The van der Waals surface area contributed by atoms with Crippen molar-refractivity contribution >= 4 is 12.0 Å². The van der Waals surface area contributed by atoms with Gasteiger partial charge in [-0.25, -0.2) is 9.78 Å². The predicted molar refractivity (Wildman–Crippen MR) is 83.4 cm³/mol. The Morgan fingerprint density at radius 3 is 2.41 bits per heavy atom. The third kappa shape index (κ3) is 6.60. The number of aromatic nitrogens is 2. The summed E-state index contributed by atoms with van der Waals surface area (Å²) in [6, 6.07) is 0. The monoisotopic (exact) mass is 310 g/mol. The molecule has 0 radical (unpaired) electrons. The van der Waals surface area contributed by atoms with Crippen molar-refractivity contribution in [2.45, 2.75) is 52.2 Å². The Morgan fingerprint density at radius 1 is 1.27 bits per heavy atom. The topological polar surface area (TPSA) is 85.3 Å². The lowest BCUT2D eigenvalue weighted by molar-refractivity contribution is -0.122. The van der Waals surface area contributed by atoms with Crippen molar-refractivity contribution in [1.29, 1.82) is 0 Å². The van der Waals surface area contributed by atoms with Crippen LogP contribution in [0.2, 0.25) is 0 Å². The Hall–Kier alpha value is -2.05. The standard InChI is InChI=1S/C15H26N4O3/c1-14(2,3)22-13(21)17-10-15(4,5)18-12(20)9-11-16-7-8-19(11)6/h7-8H,9-10H2,1-6H3,(H,17,21)(H,18,20). The van der Waals surface area contributed by atoms with Crippen molar-refractivity contribution in [2.24, 2.45) is 7.05 Å². The summed E-state index contributed by atoms with van der Waals surface area (Å²) in [7, 11) is 1.84. The fourth-order valence-corrected chi connectivity index (χ4v) is 1.78. The molecule has 0 fully saturated rings. The van der Waals surface area contributed by atoms with Crippen LogP contribution in [0.4, 0.5) is 4.79 Å². The lowest BCUT2D eigenvalue weighted by atomic mass is 10.1. The van der Waals surface area contributed by atoms with Crippen molar-refractivity contribution in [1.82, 2.24) is 20.2 Å². The van der Waals surface area contributed by atoms with Gasteiger partial charge < -0.3 is 19.9 Å². The highest BCUT2D eigenvalue weighted by Crippen LogP contribution is 2.07. The molecule has 124 valence electrons. The summed E-state index contributed by atoms with van der Waals surface area (Å²) in [5.74, 6) is 0.540. The summed E-state index contributed by atoms with van der Waals surface area (Å²) < 4.78 is 6.96. The molecule has 0 unspecified atom stereocenters. The number of nitrogens with one attached hydrogen (secondary N) is 2. The lowest BCUT2D eigenvalue weighted by Crippen LogP contribution is -2.52. The molecule has 0 atom stereocenters. The number of imidazole rings is 1. The quantitative estimate of drug-likeness (QED) is 0.860. The number of alkyl carbamates (subject to hydrolysis) is 1. The zero-order valence-electron chi connectivity index (χ0n) is 14.2. The Balaban J connectivity index is 2.44. The highest BCUT2D eigenvalue weighted by molar-refractivity contribution is 5.78. The average molecular weight is 310 g/mol. The third-order valence-electron chi connectivity index (χ3n) is 2.79. The summed E-state index contributed by atoms with van der Waals surface area (Å²) in [5, 5.41) is 5.54. The van der Waals surface area contributed by atoms with E-state index in [0.29, 0.717) is 5.82 Å². The van der Waals surface area contributed by atoms with Gasteiger partial charge in [0.2, 0.25) is 5.91 Å². The third-order valence-corrected chi connectivity index (χ3v) is 2.79. The van der Waals surface area contributed by atoms with Crippen LogP contribution in [-0.2, 0) is 23.0 Å². The summed E-state index contributed by atoms with van der Waals surface area (Å²) in [4.78, 5) is 27.8. The molecule has 1 aromatic rings. The Morgan fingerprint density at radius 2 is 1.91 bits per heavy atom. The van der Waals surface area contributed by atoms with Crippen LogP contribution in [0.5, 0.6) is 0 Å². The molecule has 0 saturated carbocycles. The lowest BCUT2D eigenvalue weighted by Gasteiger charge is -2.27. The minimum Gasteiger partial charge on any atom is -0.444 e. The second-order valence-electron chi connectivity index (χ2n) is 6.92. The van der Waals surface area contributed by atoms with Gasteiger partial charge >= 0.3 is 6.09 Å². The molecule has 0 aliphatic rings. The Labute approximate surface area is 131 Å². The fraction of sp³-hybridized carbons (Fsp3) is 0.667. The smallest absolute Gasteiger partial charge is 0.407 e. The van der Waals surface area contributed by atoms with Crippen LogP contribution in [0.1, 0.15) is 40.4 Å². The van der Waals surface area contributed by atoms with E-state index in [1.165, 1.54) is 0 Å². The van der Waals surface area contributed by atoms with E-state index in [9.17, 15) is 9.59 Å². The van der Waals surface area contributed by atoms with Gasteiger partial charge in [-0.2, -0.15) is 0 Å². The van der Waals surface area contributed by atoms with E-state index < -0.39 is 17.2 Å². The number of carbonyl (C=O) groups is 2. The highest BCUT2D eigenvalue weighted by Gasteiger charge is 2.23. The molecular formula is C15H26N4O3. The van der Waals surface area contributed by atoms with Gasteiger partial charge in [-0.15, -0.1) is 0 Å². The fourth-order valence-electron chi connectivity index (χ4n) is 1.78. The number of amides is 2. The van der Waals surface area contributed by atoms with E-state index in [4.69, 9.17) is 4.74 Å². The van der Waals surface area contributed by atoms with Gasteiger partial charge in [0.15, 0.2) is 0 Å². The molecule has 0 aliphatic carbocycles. The van der Waals surface area contributed by atoms with Crippen molar-refractivity contribution in [3.8, 4) is 0 Å². The first-order valence-electron chi connectivity index (χ1n) is 7.22. The second-order valence-corrected chi connectivity index (χ2v) is 6.92. The number of rotatable bonds is 5. The van der Waals surface area contributed by atoms with Gasteiger partial charge in [0, 0.05) is 26.0 Å². The highest BCUT2D eigenvalue weighted by atomic mass is 16.6. The van der Waals surface area contributed by atoms with Gasteiger partial charge in [-0.3, -0.25) is 4.79 Å². The van der Waals surface area contributed by atoms with Crippen LogP contribution in [0.15, 0.2) is 12.4 Å². The molecule has 2 amide bonds. The SMILES string of the molecule is Cn1ccnc1CC(=O)NC(C)(C)CNC(=O)OC(C)(C)C. The van der Waals surface area contributed by atoms with E-state index in [1.54, 1.807) is 37.7 Å². The molecule has 1 heterocycles. The first kappa shape index (κ1) is 18.0. The maximum atomic E-state index is 12.0. The Kier molecular flexibility index (Phi) is 5.57. The molecule has 1 aromatic heterocycles. The van der Waals surface area contributed by atoms with Gasteiger partial charge in [0.25, 0.3) is 0 Å². The summed E-state index contributed by atoms with van der Waals surface area (Å²) in [6.45, 7) is 9.33. The minimum absolute atomic E-state index is 0.148. The van der Waals surface area contributed by atoms with Crippen molar-refractivity contribution < 1.29 is 14.3 Å². The van der Waals surface area contributed by atoms with E-state index in [1.807, 2.05) is 20.9 Å². The number of hydrogen-bond acceptors (Lipinski definition) is 4. The first-order valence-corrected chi connectivity index (χ1v) is 7.22. The van der Waals surface area contributed by atoms with Gasteiger partial charge in [-0.05, 0) is 34.6 Å². The van der Waals surface area contributed by atoms with Gasteiger partial charge in [0.05, 0.1) is 12.0 Å². The van der Waals surface area contributed by atoms with Crippen LogP contribution >= 0.6 is 0 Å². The molecular weight excluding hydrogens is 284 g/mol. The molecule has 7 heteroatoms. The van der Waals surface area contributed by atoms with Crippen LogP contribution in [0.25, 0.3) is 0 Å². The van der Waals surface area contributed by atoms with E-state index in [0.717, 1.165) is 0 Å². The van der Waals surface area contributed by atoms with Crippen LogP contribution in [0, 0.1) is 0 Å². The van der Waals surface area contributed by atoms with Crippen LogP contribution < -0.4 is 10.6 Å². The molecule has 0 aliphatic heterocycles. The number of ether oxygens (including phenoxy) is 1. The molecule has 2 N–H and O–H groups in total. The maximum Gasteiger partial charge on any atom is 0.407 e. The zero-order chi connectivity index (χ0) is 17.0. The van der Waals surface area contributed by atoms with Gasteiger partial charge in [0.1, 0.15) is 11.4 Å². The summed E-state index contributed by atoms with van der Waals surface area (Å²) in [5.41, 5.74) is -1.13. The number of aryl methyl sites for hydroxylation is 1. The van der Waals surface area contributed by atoms with E-state index >= 15 is 0 Å². The van der Waals surface area contributed by atoms with Crippen LogP contribution in [-0.4, -0.2) is 39.2 Å². The van der Waals surface area contributed by atoms with Crippen LogP contribution in [0.3, 0.4) is 0 Å². The van der Waals surface area contributed by atoms with Gasteiger partial charge in [-0.1, -0.05) is 0 Å². The summed E-state index contributed by atoms with van der Waals surface area (Å²) in [6.07, 6.45) is 3.13. The molecule has 7 nitrogen and oxygen atoms in total. The largest absolute Gasteiger partial charge is 0.444 e. The predicted octanol–water partition coefficient (Wildman–Crippen LogP) is 1.38. The molecule has 0 bridgehead atoms. The first-order chi connectivity index (χ1) is 9.98. The molecule has 1 rings (SSSR count). The normalized spacial score (nSPS) is 11.9. The maximum absolute atomic E-state index is 12.0. The molecule has 0 saturated heterocycles. The number of carbonyl (C=O) groups excluding carboxylic acids is 2. The summed E-state index contributed by atoms with van der Waals surface area (Å²) >= 11 is 0. The minimum atomic E-state index is -0.584. The van der Waals surface area contributed by atoms with Crippen molar-refractivity contribution in [2.75, 3.05) is 6.54 Å². The van der Waals surface area contributed by atoms with Crippen molar-refractivity contribution in [3.63, 3.8) is 0 Å². The van der Waals surface area contributed by atoms with Crippen molar-refractivity contribution in [3.05, 3.63) is 18.2 Å². The molecule has 22 heavy (non-hydrogen) atoms. The molecule has 0 aromatic carbocycles. The van der Waals surface area contributed by atoms with E-state index in [-0.39, 0.29) is 18.9 Å². The molecule has 0 spiro atoms. The second kappa shape index (κ2) is 6.81. The number of nitrogens with zero attached hydrogens (tertiary/aromatic N) is 2. The zero-order valence-corrected chi connectivity index (χ0v) is 14.2. The Bertz CT molecular complexity index is 529. The average Bonchev–Trinajstić information content (AvgIpc) is 2.70.